The lowest BCUT2D eigenvalue weighted by Crippen LogP contribution is -1.96. The minimum Gasteiger partial charge on any atom is -0.478 e. The molecule has 17 heavy (non-hydrogen) atoms. The molecule has 0 aliphatic heterocycles. The van der Waals surface area contributed by atoms with E-state index in [1.807, 2.05) is 37.4 Å². The topological polar surface area (TPSA) is 37.3 Å². The summed E-state index contributed by atoms with van der Waals surface area (Å²) < 4.78 is 0. The highest BCUT2D eigenvalue weighted by atomic mass is 32.2. The van der Waals surface area contributed by atoms with Crippen molar-refractivity contribution in [3.63, 3.8) is 0 Å². The van der Waals surface area contributed by atoms with Crippen molar-refractivity contribution < 1.29 is 9.90 Å². The number of thiophene rings is 1. The van der Waals surface area contributed by atoms with Crippen LogP contribution in [0.1, 0.15) is 15.2 Å². The zero-order chi connectivity index (χ0) is 12.4. The summed E-state index contributed by atoms with van der Waals surface area (Å²) >= 11 is 3.15. The summed E-state index contributed by atoms with van der Waals surface area (Å²) in [5.41, 5.74) is 2.21. The van der Waals surface area contributed by atoms with Crippen molar-refractivity contribution in [2.24, 2.45) is 0 Å². The Morgan fingerprint density at radius 1 is 1.29 bits per heavy atom. The third kappa shape index (κ3) is 2.37. The Morgan fingerprint density at radius 2 is 1.94 bits per heavy atom. The largest absolute Gasteiger partial charge is 0.478 e. The number of carbonyl (C=O) groups is 1. The molecular weight excluding hydrogens is 252 g/mol. The van der Waals surface area contributed by atoms with Gasteiger partial charge in [-0.25, -0.2) is 4.79 Å². The van der Waals surface area contributed by atoms with E-state index in [0.717, 1.165) is 16.0 Å². The van der Waals surface area contributed by atoms with Crippen LogP contribution in [0.4, 0.5) is 0 Å². The van der Waals surface area contributed by atoms with Crippen molar-refractivity contribution in [2.45, 2.75) is 11.8 Å². The molecule has 0 amide bonds. The van der Waals surface area contributed by atoms with Crippen LogP contribution in [0.3, 0.4) is 0 Å². The van der Waals surface area contributed by atoms with Gasteiger partial charge in [0.05, 0.1) is 5.56 Å². The van der Waals surface area contributed by atoms with Gasteiger partial charge in [0.2, 0.25) is 0 Å². The van der Waals surface area contributed by atoms with E-state index in [2.05, 4.69) is 0 Å². The van der Waals surface area contributed by atoms with Crippen LogP contribution < -0.4 is 0 Å². The number of aryl methyl sites for hydroxylation is 1. The van der Waals surface area contributed by atoms with E-state index in [-0.39, 0.29) is 0 Å². The second kappa shape index (κ2) is 4.94. The predicted molar refractivity (Wildman–Crippen MR) is 73.2 cm³/mol. The van der Waals surface area contributed by atoms with Crippen molar-refractivity contribution in [3.8, 4) is 11.1 Å². The first-order valence-electron chi connectivity index (χ1n) is 5.09. The van der Waals surface area contributed by atoms with E-state index in [1.54, 1.807) is 17.1 Å². The molecule has 88 valence electrons. The molecule has 4 heteroatoms. The van der Waals surface area contributed by atoms with E-state index in [0.29, 0.717) is 5.56 Å². The number of benzene rings is 1. The second-order valence-electron chi connectivity index (χ2n) is 3.61. The zero-order valence-electron chi connectivity index (χ0n) is 9.56. The first-order valence-corrected chi connectivity index (χ1v) is 7.19. The lowest BCUT2D eigenvalue weighted by molar-refractivity contribution is 0.0698. The molecule has 0 aliphatic rings. The molecule has 0 radical (unpaired) electrons. The second-order valence-corrected chi connectivity index (χ2v) is 5.58. The fourth-order valence-electron chi connectivity index (χ4n) is 1.73. The smallest absolute Gasteiger partial charge is 0.337 e. The van der Waals surface area contributed by atoms with Gasteiger partial charge in [-0.2, -0.15) is 0 Å². The Morgan fingerprint density at radius 3 is 2.47 bits per heavy atom. The molecule has 0 spiro atoms. The Kier molecular flexibility index (Phi) is 3.54. The third-order valence-corrected chi connectivity index (χ3v) is 4.24. The lowest BCUT2D eigenvalue weighted by Gasteiger charge is -2.04. The molecule has 0 unspecified atom stereocenters. The molecular formula is C13H12O2S2. The summed E-state index contributed by atoms with van der Waals surface area (Å²) in [7, 11) is 0. The maximum absolute atomic E-state index is 11.1. The van der Waals surface area contributed by atoms with Crippen LogP contribution in [0, 0.1) is 6.92 Å². The molecule has 2 rings (SSSR count). The van der Waals surface area contributed by atoms with Gasteiger partial charge in [-0.1, -0.05) is 12.1 Å². The summed E-state index contributed by atoms with van der Waals surface area (Å²) in [6, 6.07) is 7.99. The first-order chi connectivity index (χ1) is 8.13. The molecule has 1 N–H and O–H groups in total. The highest BCUT2D eigenvalue weighted by Crippen LogP contribution is 2.33. The van der Waals surface area contributed by atoms with Crippen molar-refractivity contribution in [1.29, 1.82) is 0 Å². The Hall–Kier alpha value is -1.26. The van der Waals surface area contributed by atoms with Crippen LogP contribution >= 0.6 is 23.1 Å². The number of rotatable bonds is 3. The molecule has 1 heterocycles. The van der Waals surface area contributed by atoms with Crippen LogP contribution in [-0.2, 0) is 0 Å². The standard InChI is InChI=1S/C13H12O2S2/c1-8-12(11(7-17-8)13(14)15)9-3-5-10(16-2)6-4-9/h3-7H,1-2H3,(H,14,15). The van der Waals surface area contributed by atoms with Crippen molar-refractivity contribution in [1.82, 2.24) is 0 Å². The molecule has 0 atom stereocenters. The predicted octanol–water partition coefficient (Wildman–Crippen LogP) is 4.14. The highest BCUT2D eigenvalue weighted by Gasteiger charge is 2.15. The number of aromatic carboxylic acids is 1. The Bertz CT molecular complexity index is 541. The SMILES string of the molecule is CSc1ccc(-c2c(C(=O)O)csc2C)cc1. The summed E-state index contributed by atoms with van der Waals surface area (Å²) in [5, 5.41) is 10.8. The van der Waals surface area contributed by atoms with Gasteiger partial charge in [-0.15, -0.1) is 23.1 Å². The van der Waals surface area contributed by atoms with Crippen molar-refractivity contribution >= 4 is 29.1 Å². The molecule has 1 aromatic heterocycles. The van der Waals surface area contributed by atoms with Crippen LogP contribution in [0.15, 0.2) is 34.5 Å². The van der Waals surface area contributed by atoms with Gasteiger partial charge in [-0.3, -0.25) is 0 Å². The monoisotopic (exact) mass is 264 g/mol. The van der Waals surface area contributed by atoms with Crippen LogP contribution in [0.5, 0.6) is 0 Å². The fraction of sp³-hybridized carbons (Fsp3) is 0.154. The number of carboxylic acid groups (broad SMARTS) is 1. The van der Waals surface area contributed by atoms with Gasteiger partial charge >= 0.3 is 5.97 Å². The highest BCUT2D eigenvalue weighted by molar-refractivity contribution is 7.98. The van der Waals surface area contributed by atoms with Gasteiger partial charge in [-0.05, 0) is 30.9 Å². The van der Waals surface area contributed by atoms with E-state index >= 15 is 0 Å². The van der Waals surface area contributed by atoms with Gasteiger partial charge in [0, 0.05) is 20.7 Å². The summed E-state index contributed by atoms with van der Waals surface area (Å²) in [6.45, 7) is 1.95. The molecule has 0 aliphatic carbocycles. The normalized spacial score (nSPS) is 10.5. The van der Waals surface area contributed by atoms with E-state index in [4.69, 9.17) is 5.11 Å². The van der Waals surface area contributed by atoms with Gasteiger partial charge in [0.1, 0.15) is 0 Å². The first kappa shape index (κ1) is 12.2. The van der Waals surface area contributed by atoms with E-state index in [9.17, 15) is 4.79 Å². The van der Waals surface area contributed by atoms with Crippen LogP contribution in [0.2, 0.25) is 0 Å². The molecule has 1 aromatic carbocycles. The molecule has 0 saturated heterocycles. The molecule has 2 aromatic rings. The van der Waals surface area contributed by atoms with Gasteiger partial charge in [0.15, 0.2) is 0 Å². The van der Waals surface area contributed by atoms with Crippen LogP contribution in [0.25, 0.3) is 11.1 Å². The van der Waals surface area contributed by atoms with Gasteiger partial charge in [0.25, 0.3) is 0 Å². The quantitative estimate of drug-likeness (QED) is 0.846. The summed E-state index contributed by atoms with van der Waals surface area (Å²) in [5.74, 6) is -0.863. The molecule has 0 fully saturated rings. The van der Waals surface area contributed by atoms with E-state index in [1.165, 1.54) is 16.2 Å². The zero-order valence-corrected chi connectivity index (χ0v) is 11.2. The minimum atomic E-state index is -0.863. The molecule has 0 bridgehead atoms. The maximum atomic E-state index is 11.1. The van der Waals surface area contributed by atoms with Gasteiger partial charge < -0.3 is 5.11 Å². The minimum absolute atomic E-state index is 0.393. The third-order valence-electron chi connectivity index (χ3n) is 2.58. The molecule has 2 nitrogen and oxygen atoms in total. The summed E-state index contributed by atoms with van der Waals surface area (Å²) in [4.78, 5) is 13.4. The lowest BCUT2D eigenvalue weighted by atomic mass is 10.0. The molecule has 0 saturated carbocycles. The average molecular weight is 264 g/mol. The van der Waals surface area contributed by atoms with Crippen LogP contribution in [-0.4, -0.2) is 17.3 Å². The number of hydrogen-bond acceptors (Lipinski definition) is 3. The average Bonchev–Trinajstić information content (AvgIpc) is 2.71. The number of hydrogen-bond donors (Lipinski definition) is 1. The Labute approximate surface area is 108 Å². The number of carboxylic acids is 1. The maximum Gasteiger partial charge on any atom is 0.337 e. The fourth-order valence-corrected chi connectivity index (χ4v) is 3.00. The summed E-state index contributed by atoms with van der Waals surface area (Å²) in [6.07, 6.45) is 2.02. The number of thioether (sulfide) groups is 1. The van der Waals surface area contributed by atoms with E-state index < -0.39 is 5.97 Å². The Balaban J connectivity index is 2.51. The van der Waals surface area contributed by atoms with Crippen molar-refractivity contribution in [3.05, 3.63) is 40.1 Å². The van der Waals surface area contributed by atoms with Crippen molar-refractivity contribution in [2.75, 3.05) is 6.26 Å².